The molecule has 1 aliphatic rings. The molecule has 22 heteroatoms. The maximum absolute atomic E-state index is 13.0. The van der Waals surface area contributed by atoms with E-state index in [0.29, 0.717) is 17.9 Å². The SMILES string of the molecule is CCCCCCCCCCCCCCC(Oc1ccc(S(=O)(=O)Nc2ncc(C(=O)NCCOCCOCC(=O)NCCOCCOCC(=O)ON3C(=O)CCC3=O)cn2)cc1)C(=O)O. The van der Waals surface area contributed by atoms with Gasteiger partial charge in [-0.2, -0.15) is 0 Å². The van der Waals surface area contributed by atoms with Crippen molar-refractivity contribution in [3.8, 4) is 5.75 Å². The molecule has 0 bridgehead atoms. The van der Waals surface area contributed by atoms with Crippen molar-refractivity contribution >= 4 is 51.5 Å². The third-order valence-electron chi connectivity index (χ3n) is 9.64. The minimum Gasteiger partial charge on any atom is -0.479 e. The predicted octanol–water partition coefficient (Wildman–Crippen LogP) is 3.72. The van der Waals surface area contributed by atoms with Crippen molar-refractivity contribution in [3.63, 3.8) is 0 Å². The molecule has 3 rings (SSSR count). The molecule has 1 aromatic carbocycles. The second-order valence-electron chi connectivity index (χ2n) is 15.0. The number of carbonyl (C=O) groups excluding carboxylic acids is 5. The van der Waals surface area contributed by atoms with Gasteiger partial charge < -0.3 is 44.3 Å². The van der Waals surface area contributed by atoms with Gasteiger partial charge in [-0.25, -0.2) is 32.7 Å². The molecule has 0 radical (unpaired) electrons. The lowest BCUT2D eigenvalue weighted by atomic mass is 10.0. The number of imide groups is 1. The average Bonchev–Trinajstić information content (AvgIpc) is 3.60. The lowest BCUT2D eigenvalue weighted by Crippen LogP contribution is -2.33. The Balaban J connectivity index is 1.19. The molecule has 1 aliphatic heterocycles. The first-order chi connectivity index (χ1) is 31.4. The van der Waals surface area contributed by atoms with E-state index in [4.69, 9.17) is 23.7 Å². The number of hydrogen-bond donors (Lipinski definition) is 4. The highest BCUT2D eigenvalue weighted by Gasteiger charge is 2.32. The number of unbranched alkanes of at least 4 members (excludes halogenated alkanes) is 11. The Morgan fingerprint density at radius 3 is 1.80 bits per heavy atom. The normalized spacial score (nSPS) is 13.1. The molecule has 1 fully saturated rings. The van der Waals surface area contributed by atoms with Crippen LogP contribution in [0.2, 0.25) is 0 Å². The highest BCUT2D eigenvalue weighted by molar-refractivity contribution is 7.92. The third kappa shape index (κ3) is 22.9. The number of anilines is 1. The molecule has 2 aromatic rings. The Labute approximate surface area is 380 Å². The molecule has 4 N–H and O–H groups in total. The van der Waals surface area contributed by atoms with Gasteiger partial charge in [0, 0.05) is 38.3 Å². The topological polar surface area (TPSA) is 277 Å². The summed E-state index contributed by atoms with van der Waals surface area (Å²) < 4.78 is 54.9. The van der Waals surface area contributed by atoms with E-state index in [0.717, 1.165) is 31.7 Å². The van der Waals surface area contributed by atoms with Gasteiger partial charge in [0.1, 0.15) is 19.0 Å². The van der Waals surface area contributed by atoms with E-state index in [1.165, 1.54) is 75.6 Å². The Hall–Kier alpha value is -5.29. The highest BCUT2D eigenvalue weighted by atomic mass is 32.2. The van der Waals surface area contributed by atoms with Gasteiger partial charge in [0.15, 0.2) is 6.10 Å². The van der Waals surface area contributed by atoms with E-state index >= 15 is 0 Å². The summed E-state index contributed by atoms with van der Waals surface area (Å²) in [6.07, 6.45) is 15.6. The smallest absolute Gasteiger partial charge is 0.358 e. The molecule has 21 nitrogen and oxygen atoms in total. The summed E-state index contributed by atoms with van der Waals surface area (Å²) >= 11 is 0. The zero-order valence-corrected chi connectivity index (χ0v) is 37.9. The Kier molecular flexibility index (Phi) is 26.2. The van der Waals surface area contributed by atoms with Gasteiger partial charge in [0.2, 0.25) is 11.9 Å². The van der Waals surface area contributed by atoms with E-state index in [1.807, 2.05) is 0 Å². The number of ether oxygens (including phenoxy) is 5. The van der Waals surface area contributed by atoms with Gasteiger partial charge >= 0.3 is 11.9 Å². The molecule has 4 amide bonds. The van der Waals surface area contributed by atoms with Crippen LogP contribution < -0.4 is 20.1 Å². The standard InChI is InChI=1S/C43H64N6O15S/c1-2-3-4-5-6-7-8-9-10-11-12-13-14-36(42(55)56)63-34-15-17-35(18-16-34)65(57,58)48-43-46-29-33(30-47-43)41(54)45-22-24-60-25-27-61-31-37(50)44-21-23-59-26-28-62-32-40(53)64-49-38(51)19-20-39(49)52/h15-18,29-30,36H,2-14,19-28,31-32H2,1H3,(H,44,50)(H,45,54)(H,55,56)(H,46,47,48). The van der Waals surface area contributed by atoms with Crippen molar-refractivity contribution in [1.82, 2.24) is 25.7 Å². The Bertz CT molecular complexity index is 1850. The van der Waals surface area contributed by atoms with Crippen molar-refractivity contribution in [1.29, 1.82) is 0 Å². The van der Waals surface area contributed by atoms with Crippen LogP contribution in [-0.2, 0) is 57.8 Å². The lowest BCUT2D eigenvalue weighted by molar-refractivity contribution is -0.200. The molecule has 1 saturated heterocycles. The number of nitrogens with one attached hydrogen (secondary N) is 3. The van der Waals surface area contributed by atoms with Gasteiger partial charge in [-0.1, -0.05) is 77.6 Å². The number of rotatable bonds is 37. The number of carboxylic acids is 1. The van der Waals surface area contributed by atoms with E-state index in [2.05, 4.69) is 37.1 Å². The quantitative estimate of drug-likeness (QED) is 0.0555. The summed E-state index contributed by atoms with van der Waals surface area (Å²) in [6.45, 7) is 2.62. The number of carbonyl (C=O) groups is 6. The molecule has 0 spiro atoms. The van der Waals surface area contributed by atoms with E-state index < -0.39 is 52.4 Å². The van der Waals surface area contributed by atoms with Gasteiger partial charge in [0.25, 0.3) is 27.7 Å². The summed E-state index contributed by atoms with van der Waals surface area (Å²) in [4.78, 5) is 83.2. The van der Waals surface area contributed by atoms with Crippen LogP contribution in [0.25, 0.3) is 0 Å². The number of aliphatic carboxylic acids is 1. The van der Waals surface area contributed by atoms with Crippen LogP contribution in [0, 0.1) is 0 Å². The maximum Gasteiger partial charge on any atom is 0.358 e. The first kappa shape index (κ1) is 54.0. The summed E-state index contributed by atoms with van der Waals surface area (Å²) in [5.74, 6) is -4.06. The van der Waals surface area contributed by atoms with E-state index in [1.54, 1.807) is 0 Å². The summed E-state index contributed by atoms with van der Waals surface area (Å²) in [6, 6.07) is 5.35. The van der Waals surface area contributed by atoms with Gasteiger partial charge in [-0.05, 0) is 37.1 Å². The van der Waals surface area contributed by atoms with Crippen LogP contribution in [0.4, 0.5) is 5.95 Å². The van der Waals surface area contributed by atoms with Crippen LogP contribution in [0.1, 0.15) is 114 Å². The number of carboxylic acid groups (broad SMARTS) is 1. The van der Waals surface area contributed by atoms with Crippen LogP contribution in [0.5, 0.6) is 5.75 Å². The molecule has 2 heterocycles. The van der Waals surface area contributed by atoms with Crippen LogP contribution >= 0.6 is 0 Å². The molecule has 1 aromatic heterocycles. The summed E-state index contributed by atoms with van der Waals surface area (Å²) in [7, 11) is -4.12. The van der Waals surface area contributed by atoms with Crippen LogP contribution in [0.3, 0.4) is 0 Å². The van der Waals surface area contributed by atoms with Gasteiger partial charge in [0.05, 0.1) is 50.1 Å². The first-order valence-corrected chi connectivity index (χ1v) is 23.6. The summed E-state index contributed by atoms with van der Waals surface area (Å²) in [5, 5.41) is 15.3. The van der Waals surface area contributed by atoms with Gasteiger partial charge in [-0.15, -0.1) is 5.06 Å². The first-order valence-electron chi connectivity index (χ1n) is 22.2. The molecule has 0 saturated carbocycles. The zero-order chi connectivity index (χ0) is 47.1. The van der Waals surface area contributed by atoms with E-state index in [-0.39, 0.29) is 100 Å². The van der Waals surface area contributed by atoms with Crippen LogP contribution in [0.15, 0.2) is 41.6 Å². The molecule has 0 aliphatic carbocycles. The number of benzene rings is 1. The third-order valence-corrected chi connectivity index (χ3v) is 11.0. The van der Waals surface area contributed by atoms with Crippen LogP contribution in [-0.4, -0.2) is 136 Å². The predicted molar refractivity (Wildman–Crippen MR) is 233 cm³/mol. The number of nitrogens with zero attached hydrogens (tertiary/aromatic N) is 3. The molecular weight excluding hydrogens is 873 g/mol. The number of hydrogen-bond acceptors (Lipinski definition) is 16. The minimum atomic E-state index is -4.12. The zero-order valence-electron chi connectivity index (χ0n) is 37.1. The number of amides is 4. The lowest BCUT2D eigenvalue weighted by Gasteiger charge is -2.15. The Morgan fingerprint density at radius 1 is 0.708 bits per heavy atom. The fourth-order valence-corrected chi connectivity index (χ4v) is 7.10. The maximum atomic E-state index is 13.0. The fraction of sp³-hybridized carbons (Fsp3) is 0.628. The monoisotopic (exact) mass is 936 g/mol. The second kappa shape index (κ2) is 31.6. The van der Waals surface area contributed by atoms with Gasteiger partial charge in [-0.3, -0.25) is 19.2 Å². The van der Waals surface area contributed by atoms with Crippen molar-refractivity contribution in [2.75, 3.05) is 70.7 Å². The number of sulfonamides is 1. The highest BCUT2D eigenvalue weighted by Crippen LogP contribution is 2.21. The van der Waals surface area contributed by atoms with Crippen molar-refractivity contribution in [3.05, 3.63) is 42.2 Å². The Morgan fingerprint density at radius 2 is 1.23 bits per heavy atom. The molecule has 65 heavy (non-hydrogen) atoms. The van der Waals surface area contributed by atoms with E-state index in [9.17, 15) is 42.3 Å². The second-order valence-corrected chi connectivity index (χ2v) is 16.7. The minimum absolute atomic E-state index is 0.00331. The average molecular weight is 937 g/mol. The summed E-state index contributed by atoms with van der Waals surface area (Å²) in [5.41, 5.74) is 0.0770. The van der Waals surface area contributed by atoms with Crippen molar-refractivity contribution in [2.45, 2.75) is 114 Å². The number of hydroxylamine groups is 2. The fourth-order valence-electron chi connectivity index (χ4n) is 6.14. The molecule has 1 unspecified atom stereocenters. The molecule has 362 valence electrons. The largest absolute Gasteiger partial charge is 0.479 e. The van der Waals surface area contributed by atoms with Crippen molar-refractivity contribution < 1.29 is 70.8 Å². The van der Waals surface area contributed by atoms with Crippen molar-refractivity contribution in [2.24, 2.45) is 0 Å². The number of aromatic nitrogens is 2. The molecular formula is C43H64N6O15S. The molecule has 1 atom stereocenters.